The number of nitrogens with two attached hydrogens (primary N) is 1. The first kappa shape index (κ1) is 20.4. The molecule has 0 spiro atoms. The van der Waals surface area contributed by atoms with Crippen molar-refractivity contribution in [3.05, 3.63) is 47.3 Å². The van der Waals surface area contributed by atoms with Crippen molar-refractivity contribution in [1.29, 1.82) is 0 Å². The van der Waals surface area contributed by atoms with Gasteiger partial charge in [0.1, 0.15) is 0 Å². The molecule has 1 aromatic heterocycles. The molecule has 3 N–H and O–H groups in total. The Kier molecular flexibility index (Phi) is 6.07. The molecule has 1 amide bonds. The molecule has 1 fully saturated rings. The van der Waals surface area contributed by atoms with Crippen LogP contribution in [0.15, 0.2) is 30.5 Å². The minimum atomic E-state index is -4.43. The van der Waals surface area contributed by atoms with E-state index in [1.165, 1.54) is 16.9 Å². The third kappa shape index (κ3) is 4.55. The average Bonchev–Trinajstić information content (AvgIpc) is 3.42. The maximum Gasteiger partial charge on any atom is 0.416 e. The summed E-state index contributed by atoms with van der Waals surface area (Å²) in [5.41, 5.74) is 6.41. The SMILES string of the molecule is CCCCC(CN)NC(=O)c1cnn(-c2cccc(C(F)(F)F)c2)c1C1CC1. The summed E-state index contributed by atoms with van der Waals surface area (Å²) in [6.45, 7) is 2.41. The first-order valence-electron chi connectivity index (χ1n) is 9.61. The second kappa shape index (κ2) is 8.34. The molecule has 0 saturated heterocycles. The van der Waals surface area contributed by atoms with Crippen molar-refractivity contribution in [2.24, 2.45) is 5.73 Å². The normalized spacial score (nSPS) is 15.5. The molecule has 8 heteroatoms. The highest BCUT2D eigenvalue weighted by molar-refractivity contribution is 5.95. The van der Waals surface area contributed by atoms with E-state index in [-0.39, 0.29) is 17.9 Å². The van der Waals surface area contributed by atoms with Gasteiger partial charge in [0.2, 0.25) is 0 Å². The molecule has 152 valence electrons. The van der Waals surface area contributed by atoms with Crippen LogP contribution in [0.25, 0.3) is 5.69 Å². The minimum absolute atomic E-state index is 0.128. The predicted octanol–water partition coefficient (Wildman–Crippen LogP) is 4.02. The van der Waals surface area contributed by atoms with Crippen LogP contribution in [0.2, 0.25) is 0 Å². The molecule has 1 aliphatic rings. The number of aromatic nitrogens is 2. The first-order chi connectivity index (χ1) is 13.3. The maximum atomic E-state index is 13.1. The summed E-state index contributed by atoms with van der Waals surface area (Å²) in [4.78, 5) is 12.8. The molecule has 1 atom stereocenters. The van der Waals surface area contributed by atoms with Crippen LogP contribution in [0.5, 0.6) is 0 Å². The fourth-order valence-electron chi connectivity index (χ4n) is 3.26. The summed E-state index contributed by atoms with van der Waals surface area (Å²) in [7, 11) is 0. The highest BCUT2D eigenvalue weighted by Gasteiger charge is 2.34. The molecule has 0 bridgehead atoms. The number of unbranched alkanes of at least 4 members (excludes halogenated alkanes) is 1. The molecular weight excluding hydrogens is 369 g/mol. The van der Waals surface area contributed by atoms with Gasteiger partial charge < -0.3 is 11.1 Å². The van der Waals surface area contributed by atoms with Crippen molar-refractivity contribution in [2.75, 3.05) is 6.54 Å². The lowest BCUT2D eigenvalue weighted by Gasteiger charge is -2.17. The zero-order valence-electron chi connectivity index (χ0n) is 15.8. The molecular formula is C20H25F3N4O. The van der Waals surface area contributed by atoms with Crippen molar-refractivity contribution < 1.29 is 18.0 Å². The lowest BCUT2D eigenvalue weighted by Crippen LogP contribution is -2.40. The lowest BCUT2D eigenvalue weighted by molar-refractivity contribution is -0.137. The number of alkyl halides is 3. The number of benzene rings is 1. The van der Waals surface area contributed by atoms with E-state index in [0.29, 0.717) is 23.5 Å². The van der Waals surface area contributed by atoms with Crippen LogP contribution >= 0.6 is 0 Å². The number of halogens is 3. The van der Waals surface area contributed by atoms with E-state index < -0.39 is 11.7 Å². The van der Waals surface area contributed by atoms with Gasteiger partial charge >= 0.3 is 6.18 Å². The van der Waals surface area contributed by atoms with Gasteiger partial charge in [-0.1, -0.05) is 25.8 Å². The molecule has 0 radical (unpaired) electrons. The summed E-state index contributed by atoms with van der Waals surface area (Å²) < 4.78 is 40.7. The smallest absolute Gasteiger partial charge is 0.348 e. The van der Waals surface area contributed by atoms with Gasteiger partial charge in [-0.15, -0.1) is 0 Å². The van der Waals surface area contributed by atoms with Crippen molar-refractivity contribution in [2.45, 2.75) is 57.2 Å². The van der Waals surface area contributed by atoms with Gasteiger partial charge in [-0.05, 0) is 37.5 Å². The Balaban J connectivity index is 1.90. The van der Waals surface area contributed by atoms with Gasteiger partial charge in [0.25, 0.3) is 5.91 Å². The molecule has 3 rings (SSSR count). The summed E-state index contributed by atoms with van der Waals surface area (Å²) in [5.74, 6) is -0.142. The third-order valence-corrected chi connectivity index (χ3v) is 4.96. The van der Waals surface area contributed by atoms with Crippen LogP contribution < -0.4 is 11.1 Å². The minimum Gasteiger partial charge on any atom is -0.348 e. The quantitative estimate of drug-likeness (QED) is 0.710. The summed E-state index contributed by atoms with van der Waals surface area (Å²) in [6, 6.07) is 4.88. The number of nitrogens with zero attached hydrogens (tertiary/aromatic N) is 2. The second-order valence-corrected chi connectivity index (χ2v) is 7.23. The van der Waals surface area contributed by atoms with E-state index in [0.717, 1.165) is 44.2 Å². The van der Waals surface area contributed by atoms with E-state index in [1.54, 1.807) is 6.07 Å². The number of nitrogens with one attached hydrogen (secondary N) is 1. The molecule has 1 saturated carbocycles. The first-order valence-corrected chi connectivity index (χ1v) is 9.61. The summed E-state index contributed by atoms with van der Waals surface area (Å²) >= 11 is 0. The van der Waals surface area contributed by atoms with Crippen LogP contribution in [-0.2, 0) is 6.18 Å². The Morgan fingerprint density at radius 2 is 2.14 bits per heavy atom. The summed E-state index contributed by atoms with van der Waals surface area (Å²) in [6.07, 6.45) is 1.54. The number of amides is 1. The van der Waals surface area contributed by atoms with E-state index in [1.807, 2.05) is 0 Å². The highest BCUT2D eigenvalue weighted by Crippen LogP contribution is 2.42. The molecule has 28 heavy (non-hydrogen) atoms. The van der Waals surface area contributed by atoms with Gasteiger partial charge in [-0.25, -0.2) is 4.68 Å². The summed E-state index contributed by atoms with van der Waals surface area (Å²) in [5, 5.41) is 7.19. The zero-order chi connectivity index (χ0) is 20.3. The van der Waals surface area contributed by atoms with Crippen molar-refractivity contribution in [3.63, 3.8) is 0 Å². The second-order valence-electron chi connectivity index (χ2n) is 7.23. The topological polar surface area (TPSA) is 72.9 Å². The fourth-order valence-corrected chi connectivity index (χ4v) is 3.26. The Bertz CT molecular complexity index is 827. The molecule has 1 aromatic carbocycles. The van der Waals surface area contributed by atoms with Gasteiger partial charge in [0.05, 0.1) is 28.7 Å². The number of hydrogen-bond donors (Lipinski definition) is 2. The van der Waals surface area contributed by atoms with Crippen molar-refractivity contribution >= 4 is 5.91 Å². The molecule has 1 aliphatic carbocycles. The van der Waals surface area contributed by atoms with Crippen LogP contribution in [0.3, 0.4) is 0 Å². The lowest BCUT2D eigenvalue weighted by atomic mass is 10.1. The number of rotatable bonds is 8. The Labute approximate surface area is 162 Å². The van der Waals surface area contributed by atoms with Gasteiger partial charge in [0, 0.05) is 18.5 Å². The Morgan fingerprint density at radius 3 is 2.75 bits per heavy atom. The fraction of sp³-hybridized carbons (Fsp3) is 0.500. The van der Waals surface area contributed by atoms with Crippen LogP contribution in [0, 0.1) is 0 Å². The van der Waals surface area contributed by atoms with Crippen LogP contribution in [0.1, 0.15) is 66.6 Å². The van der Waals surface area contributed by atoms with Crippen LogP contribution in [-0.4, -0.2) is 28.3 Å². The van der Waals surface area contributed by atoms with E-state index in [2.05, 4.69) is 17.3 Å². The number of hydrogen-bond acceptors (Lipinski definition) is 3. The Hall–Kier alpha value is -2.35. The largest absolute Gasteiger partial charge is 0.416 e. The third-order valence-electron chi connectivity index (χ3n) is 4.96. The van der Waals surface area contributed by atoms with E-state index in [9.17, 15) is 18.0 Å². The molecule has 5 nitrogen and oxygen atoms in total. The van der Waals surface area contributed by atoms with Gasteiger partial charge in [-0.3, -0.25) is 4.79 Å². The zero-order valence-corrected chi connectivity index (χ0v) is 15.8. The van der Waals surface area contributed by atoms with E-state index in [4.69, 9.17) is 5.73 Å². The maximum absolute atomic E-state index is 13.1. The van der Waals surface area contributed by atoms with Crippen molar-refractivity contribution in [1.82, 2.24) is 15.1 Å². The molecule has 1 heterocycles. The standard InChI is InChI=1S/C20H25F3N4O/c1-2-3-6-15(11-24)26-19(28)17-12-25-27(18(17)13-8-9-13)16-7-4-5-14(10-16)20(21,22)23/h4-5,7,10,12-13,15H,2-3,6,8-9,11,24H2,1H3,(H,26,28). The van der Waals surface area contributed by atoms with E-state index >= 15 is 0 Å². The van der Waals surface area contributed by atoms with Crippen molar-refractivity contribution in [3.8, 4) is 5.69 Å². The molecule has 2 aromatic rings. The van der Waals surface area contributed by atoms with Gasteiger partial charge in [-0.2, -0.15) is 18.3 Å². The number of carbonyl (C=O) groups excluding carboxylic acids is 1. The molecule has 1 unspecified atom stereocenters. The monoisotopic (exact) mass is 394 g/mol. The highest BCUT2D eigenvalue weighted by atomic mass is 19.4. The molecule has 0 aliphatic heterocycles. The predicted molar refractivity (Wildman–Crippen MR) is 100 cm³/mol. The van der Waals surface area contributed by atoms with Crippen LogP contribution in [0.4, 0.5) is 13.2 Å². The number of carbonyl (C=O) groups is 1. The van der Waals surface area contributed by atoms with Gasteiger partial charge in [0.15, 0.2) is 0 Å². The average molecular weight is 394 g/mol. The Morgan fingerprint density at radius 1 is 1.39 bits per heavy atom.